The van der Waals surface area contributed by atoms with E-state index >= 15 is 0 Å². The van der Waals surface area contributed by atoms with E-state index < -0.39 is 0 Å². The van der Waals surface area contributed by atoms with Crippen LogP contribution in [-0.4, -0.2) is 4.75 Å². The van der Waals surface area contributed by atoms with Crippen molar-refractivity contribution >= 4 is 17.6 Å². The normalized spacial score (nSPS) is 10.8. The molecule has 0 saturated heterocycles. The molecule has 1 aromatic rings. The molecule has 0 aliphatic rings. The number of hydrogen-bond donors (Lipinski definition) is 2. The van der Waals surface area contributed by atoms with Gasteiger partial charge in [0.15, 0.2) is 0 Å². The summed E-state index contributed by atoms with van der Waals surface area (Å²) in [6, 6.07) is 3.40. The van der Waals surface area contributed by atoms with Crippen molar-refractivity contribution in [3.63, 3.8) is 0 Å². The lowest BCUT2D eigenvalue weighted by Gasteiger charge is -2.18. The molecule has 0 fully saturated rings. The highest BCUT2D eigenvalue weighted by molar-refractivity contribution is 7.98. The van der Waals surface area contributed by atoms with E-state index in [0.717, 1.165) is 11.1 Å². The van der Waals surface area contributed by atoms with E-state index in [1.54, 1.807) is 11.9 Å². The summed E-state index contributed by atoms with van der Waals surface area (Å²) in [5.41, 5.74) is 7.50. The highest BCUT2D eigenvalue weighted by atomic mass is 32.2. The number of aryl methyl sites for hydroxylation is 1. The van der Waals surface area contributed by atoms with E-state index in [9.17, 15) is 4.39 Å². The van der Waals surface area contributed by atoms with E-state index in [-0.39, 0.29) is 16.3 Å². The Morgan fingerprint density at radius 1 is 1.28 bits per heavy atom. The lowest BCUT2D eigenvalue weighted by atomic mass is 10.1. The van der Waals surface area contributed by atoms with Crippen LogP contribution >= 0.6 is 11.9 Å². The van der Waals surface area contributed by atoms with Gasteiger partial charge in [0.25, 0.3) is 0 Å². The molecule has 1 aromatic carbocycles. The quantitative estimate of drug-likeness (QED) is 0.637. The maximum atomic E-state index is 13.3. The van der Waals surface area contributed by atoms with Gasteiger partial charge >= 0.3 is 0 Å². The molecule has 104 valence electrons. The Morgan fingerprint density at radius 3 is 2.28 bits per heavy atom. The zero-order valence-electron chi connectivity index (χ0n) is 12.2. The number of hydrogen-bond acceptors (Lipinski definition) is 3. The second kappa shape index (κ2) is 7.64. The molecule has 0 aliphatic carbocycles. The van der Waals surface area contributed by atoms with Crippen LogP contribution in [0.4, 0.5) is 10.1 Å². The van der Waals surface area contributed by atoms with Gasteiger partial charge in [-0.1, -0.05) is 31.9 Å². The van der Waals surface area contributed by atoms with Crippen LogP contribution in [-0.2, 0) is 6.54 Å². The van der Waals surface area contributed by atoms with Gasteiger partial charge in [-0.25, -0.2) is 4.39 Å². The van der Waals surface area contributed by atoms with Crippen molar-refractivity contribution in [3.8, 4) is 0 Å². The summed E-state index contributed by atoms with van der Waals surface area (Å²) in [6.07, 6.45) is 0. The molecule has 0 saturated carbocycles. The first-order chi connectivity index (χ1) is 8.29. The third-order valence-corrected chi connectivity index (χ3v) is 2.95. The van der Waals surface area contributed by atoms with E-state index in [4.69, 9.17) is 5.73 Å². The highest BCUT2D eigenvalue weighted by Crippen LogP contribution is 2.22. The van der Waals surface area contributed by atoms with Crippen LogP contribution < -0.4 is 10.5 Å². The van der Waals surface area contributed by atoms with Crippen molar-refractivity contribution < 1.29 is 4.39 Å². The molecule has 0 aliphatic heterocycles. The van der Waals surface area contributed by atoms with Gasteiger partial charge in [-0.2, -0.15) is 0 Å². The maximum absolute atomic E-state index is 13.3. The third-order valence-electron chi connectivity index (χ3n) is 2.05. The average Bonchev–Trinajstić information content (AvgIpc) is 2.27. The van der Waals surface area contributed by atoms with Crippen LogP contribution in [0, 0.1) is 12.7 Å². The van der Waals surface area contributed by atoms with Crippen LogP contribution in [0.2, 0.25) is 0 Å². The molecule has 2 nitrogen and oxygen atoms in total. The van der Waals surface area contributed by atoms with E-state index in [1.165, 1.54) is 6.07 Å². The Balaban J connectivity index is 0.00000137. The van der Waals surface area contributed by atoms with Crippen molar-refractivity contribution in [3.05, 3.63) is 29.1 Å². The zero-order chi connectivity index (χ0) is 14.3. The summed E-state index contributed by atoms with van der Waals surface area (Å²) < 4.78 is 16.7. The monoisotopic (exact) mass is 272 g/mol. The molecule has 0 unspecified atom stereocenters. The summed E-state index contributed by atoms with van der Waals surface area (Å²) in [4.78, 5) is 0. The number of nitrogens with one attached hydrogen (secondary N) is 1. The van der Waals surface area contributed by atoms with Crippen molar-refractivity contribution in [1.29, 1.82) is 0 Å². The molecule has 0 amide bonds. The predicted octanol–water partition coefficient (Wildman–Crippen LogP) is 4.28. The molecule has 0 bridgehead atoms. The first-order valence-corrected chi connectivity index (χ1v) is 7.06. The second-order valence-electron chi connectivity index (χ2n) is 4.84. The summed E-state index contributed by atoms with van der Waals surface area (Å²) in [6.45, 7) is 12.8. The lowest BCUT2D eigenvalue weighted by molar-refractivity contribution is 0.628. The van der Waals surface area contributed by atoms with Crippen LogP contribution in [0.3, 0.4) is 0 Å². The van der Waals surface area contributed by atoms with E-state index in [0.29, 0.717) is 6.54 Å². The van der Waals surface area contributed by atoms with Gasteiger partial charge in [0.1, 0.15) is 5.82 Å². The Kier molecular flexibility index (Phi) is 7.33. The van der Waals surface area contributed by atoms with Crippen LogP contribution in [0.15, 0.2) is 12.1 Å². The van der Waals surface area contributed by atoms with Gasteiger partial charge in [-0.15, -0.1) is 0 Å². The Hall–Kier alpha value is -0.740. The Morgan fingerprint density at radius 2 is 1.83 bits per heavy atom. The minimum Gasteiger partial charge on any atom is -0.396 e. The Bertz CT molecular complexity index is 350. The molecule has 0 atom stereocenters. The second-order valence-corrected chi connectivity index (χ2v) is 6.56. The number of nitrogen functional groups attached to an aromatic ring is 1. The first kappa shape index (κ1) is 17.3. The number of anilines is 1. The topological polar surface area (TPSA) is 38.0 Å². The van der Waals surface area contributed by atoms with Crippen molar-refractivity contribution in [1.82, 2.24) is 4.72 Å². The summed E-state index contributed by atoms with van der Waals surface area (Å²) in [5.74, 6) is -0.336. The number of rotatable bonds is 3. The molecule has 0 heterocycles. The molecule has 4 heteroatoms. The SMILES string of the molecule is CC.Cc1cc(CNSC(C)(C)C)cc(F)c1N. The molecule has 3 N–H and O–H groups in total. The van der Waals surface area contributed by atoms with Gasteiger partial charge in [0.2, 0.25) is 0 Å². The summed E-state index contributed by atoms with van der Waals surface area (Å²) in [5, 5.41) is 0. The van der Waals surface area contributed by atoms with E-state index in [2.05, 4.69) is 25.5 Å². The number of benzene rings is 1. The molecule has 0 spiro atoms. The molecule has 0 radical (unpaired) electrons. The molecule has 0 aromatic heterocycles. The van der Waals surface area contributed by atoms with Crippen LogP contribution in [0.5, 0.6) is 0 Å². The molecular weight excluding hydrogens is 247 g/mol. The van der Waals surface area contributed by atoms with Gasteiger partial charge < -0.3 is 5.73 Å². The summed E-state index contributed by atoms with van der Waals surface area (Å²) >= 11 is 1.64. The largest absolute Gasteiger partial charge is 0.396 e. The van der Waals surface area contributed by atoms with Gasteiger partial charge in [-0.3, -0.25) is 4.72 Å². The van der Waals surface area contributed by atoms with E-state index in [1.807, 2.05) is 26.8 Å². The predicted molar refractivity (Wildman–Crippen MR) is 81.1 cm³/mol. The van der Waals surface area contributed by atoms with Gasteiger partial charge in [0, 0.05) is 11.3 Å². The maximum Gasteiger partial charge on any atom is 0.146 e. The third kappa shape index (κ3) is 6.26. The Labute approximate surface area is 115 Å². The van der Waals surface area contributed by atoms with Gasteiger partial charge in [0.05, 0.1) is 5.69 Å². The molecular formula is C14H25FN2S. The fourth-order valence-electron chi connectivity index (χ4n) is 1.26. The molecule has 1 rings (SSSR count). The smallest absolute Gasteiger partial charge is 0.146 e. The fourth-order valence-corrected chi connectivity index (χ4v) is 1.94. The lowest BCUT2D eigenvalue weighted by Crippen LogP contribution is -2.16. The van der Waals surface area contributed by atoms with Gasteiger partial charge in [-0.05, 0) is 44.9 Å². The van der Waals surface area contributed by atoms with Crippen molar-refractivity contribution in [2.75, 3.05) is 5.73 Å². The average molecular weight is 272 g/mol. The standard InChI is InChI=1S/C12H19FN2S.C2H6/c1-8-5-9(6-10(13)11(8)14)7-15-16-12(2,3)4;1-2/h5-6,15H,7,14H2,1-4H3;1-2H3. The molecule has 18 heavy (non-hydrogen) atoms. The van der Waals surface area contributed by atoms with Crippen molar-refractivity contribution in [2.24, 2.45) is 0 Å². The minimum absolute atomic E-state index is 0.154. The van der Waals surface area contributed by atoms with Crippen LogP contribution in [0.1, 0.15) is 45.7 Å². The van der Waals surface area contributed by atoms with Crippen molar-refractivity contribution in [2.45, 2.75) is 52.8 Å². The zero-order valence-corrected chi connectivity index (χ0v) is 13.0. The summed E-state index contributed by atoms with van der Waals surface area (Å²) in [7, 11) is 0. The number of halogens is 1. The number of nitrogens with two attached hydrogens (primary N) is 1. The highest BCUT2D eigenvalue weighted by Gasteiger charge is 2.10. The fraction of sp³-hybridized carbons (Fsp3) is 0.571. The minimum atomic E-state index is -0.336. The van der Waals surface area contributed by atoms with Crippen LogP contribution in [0.25, 0.3) is 0 Å². The first-order valence-electron chi connectivity index (χ1n) is 6.25.